The zero-order valence-corrected chi connectivity index (χ0v) is 23.2. The Labute approximate surface area is 213 Å². The van der Waals surface area contributed by atoms with Crippen molar-refractivity contribution in [1.82, 2.24) is 0 Å². The fraction of sp³-hybridized carbons (Fsp3) is 0.970. The molecule has 34 heavy (non-hydrogen) atoms. The second kappa shape index (κ2) is 12.8. The van der Waals surface area contributed by atoms with Gasteiger partial charge in [-0.2, -0.15) is 0 Å². The van der Waals surface area contributed by atoms with Crippen LogP contribution in [0.15, 0.2) is 0 Å². The molecular weight excluding hydrogens is 412 g/mol. The van der Waals surface area contributed by atoms with E-state index in [1.54, 1.807) is 0 Å². The minimum absolute atomic E-state index is 0.0599. The number of ketones is 1. The molecule has 0 saturated heterocycles. The van der Waals surface area contributed by atoms with Gasteiger partial charge >= 0.3 is 0 Å². The maximum atomic E-state index is 15.1. The molecule has 4 saturated carbocycles. The molecule has 196 valence electrons. The number of hydrogen-bond acceptors (Lipinski definition) is 1. The summed E-state index contributed by atoms with van der Waals surface area (Å²) in [5.74, 6) is 4.16. The van der Waals surface area contributed by atoms with E-state index in [4.69, 9.17) is 0 Å². The molecule has 4 aliphatic rings. The third kappa shape index (κ3) is 5.80. The third-order valence-corrected chi connectivity index (χ3v) is 11.6. The first kappa shape index (κ1) is 26.7. The lowest BCUT2D eigenvalue weighted by molar-refractivity contribution is -0.154. The SMILES string of the molecule is CCCCC1CCC(C2(C(=O)C3(C4CCC(CCCC)CC4)CCCCC3)CCCCC2)CC1. The molecule has 0 radical (unpaired) electrons. The summed E-state index contributed by atoms with van der Waals surface area (Å²) in [4.78, 5) is 15.1. The topological polar surface area (TPSA) is 17.1 Å². The molecule has 0 N–H and O–H groups in total. The number of carbonyl (C=O) groups excluding carboxylic acids is 1. The first-order valence-electron chi connectivity index (χ1n) is 16.2. The van der Waals surface area contributed by atoms with Gasteiger partial charge in [-0.3, -0.25) is 4.79 Å². The lowest BCUT2D eigenvalue weighted by atomic mass is 9.49. The lowest BCUT2D eigenvalue weighted by Gasteiger charge is -2.54. The quantitative estimate of drug-likeness (QED) is 0.310. The number of rotatable bonds is 10. The summed E-state index contributed by atoms with van der Waals surface area (Å²) >= 11 is 0. The van der Waals surface area contributed by atoms with E-state index in [-0.39, 0.29) is 10.8 Å². The second-order valence-corrected chi connectivity index (χ2v) is 13.5. The summed E-state index contributed by atoms with van der Waals surface area (Å²) < 4.78 is 0. The van der Waals surface area contributed by atoms with Crippen molar-refractivity contribution in [2.45, 2.75) is 168 Å². The third-order valence-electron chi connectivity index (χ3n) is 11.6. The Morgan fingerprint density at radius 3 is 1.24 bits per heavy atom. The van der Waals surface area contributed by atoms with Crippen molar-refractivity contribution < 1.29 is 4.79 Å². The average molecular weight is 471 g/mol. The predicted octanol–water partition coefficient (Wildman–Crippen LogP) is 10.4. The van der Waals surface area contributed by atoms with Gasteiger partial charge in [0.05, 0.1) is 0 Å². The highest BCUT2D eigenvalue weighted by Crippen LogP contribution is 2.59. The highest BCUT2D eigenvalue weighted by Gasteiger charge is 2.56. The normalized spacial score (nSPS) is 33.9. The van der Waals surface area contributed by atoms with E-state index in [0.29, 0.717) is 11.8 Å². The highest BCUT2D eigenvalue weighted by molar-refractivity contribution is 5.91. The second-order valence-electron chi connectivity index (χ2n) is 13.5. The van der Waals surface area contributed by atoms with Crippen molar-refractivity contribution in [1.29, 1.82) is 0 Å². The average Bonchev–Trinajstić information content (AvgIpc) is 2.91. The van der Waals surface area contributed by atoms with Crippen LogP contribution in [0.3, 0.4) is 0 Å². The maximum Gasteiger partial charge on any atom is 0.145 e. The van der Waals surface area contributed by atoms with Gasteiger partial charge in [-0.05, 0) is 75.0 Å². The molecule has 0 aromatic heterocycles. The minimum Gasteiger partial charge on any atom is -0.298 e. The smallest absolute Gasteiger partial charge is 0.145 e. The number of Topliss-reactive ketones (excluding diaryl/α,β-unsaturated/α-hetero) is 1. The molecule has 0 heterocycles. The van der Waals surface area contributed by atoms with Gasteiger partial charge in [0.25, 0.3) is 0 Å². The van der Waals surface area contributed by atoms with Gasteiger partial charge in [-0.15, -0.1) is 0 Å². The van der Waals surface area contributed by atoms with Crippen molar-refractivity contribution >= 4 is 5.78 Å². The Hall–Kier alpha value is -0.330. The van der Waals surface area contributed by atoms with Crippen molar-refractivity contribution in [3.8, 4) is 0 Å². The molecule has 0 bridgehead atoms. The number of hydrogen-bond donors (Lipinski definition) is 0. The Bertz CT molecular complexity index is 540. The summed E-state index contributed by atoms with van der Waals surface area (Å²) in [6.07, 6.45) is 32.4. The van der Waals surface area contributed by atoms with Crippen molar-refractivity contribution in [3.63, 3.8) is 0 Å². The zero-order chi connectivity index (χ0) is 23.9. The number of carbonyl (C=O) groups is 1. The van der Waals surface area contributed by atoms with Crippen LogP contribution < -0.4 is 0 Å². The molecule has 0 unspecified atom stereocenters. The molecule has 4 fully saturated rings. The molecule has 0 aromatic carbocycles. The fourth-order valence-corrected chi connectivity index (χ4v) is 9.50. The van der Waals surface area contributed by atoms with Gasteiger partial charge in [-0.25, -0.2) is 0 Å². The van der Waals surface area contributed by atoms with E-state index >= 15 is 4.79 Å². The van der Waals surface area contributed by atoms with E-state index in [9.17, 15) is 0 Å². The molecule has 0 aliphatic heterocycles. The molecule has 0 atom stereocenters. The lowest BCUT2D eigenvalue weighted by Crippen LogP contribution is -2.53. The van der Waals surface area contributed by atoms with Gasteiger partial charge in [0.15, 0.2) is 0 Å². The molecule has 0 amide bonds. The molecule has 1 heteroatoms. The fourth-order valence-electron chi connectivity index (χ4n) is 9.50. The van der Waals surface area contributed by atoms with Crippen LogP contribution in [0.2, 0.25) is 0 Å². The van der Waals surface area contributed by atoms with Gasteiger partial charge < -0.3 is 0 Å². The van der Waals surface area contributed by atoms with Crippen LogP contribution in [0, 0.1) is 34.5 Å². The molecular formula is C33H58O. The molecule has 0 aromatic rings. The van der Waals surface area contributed by atoms with Crippen LogP contribution in [0.1, 0.15) is 168 Å². The zero-order valence-electron chi connectivity index (χ0n) is 23.2. The standard InChI is InChI=1S/C33H58O/c1-3-5-13-27-15-19-29(20-16-27)32(23-9-7-10-24-32)31(34)33(25-11-8-12-26-33)30-21-17-28(18-22-30)14-6-4-2/h27-30H,3-26H2,1-2H3. The van der Waals surface area contributed by atoms with Crippen molar-refractivity contribution in [2.75, 3.05) is 0 Å². The van der Waals surface area contributed by atoms with Crippen molar-refractivity contribution in [3.05, 3.63) is 0 Å². The summed E-state index contributed by atoms with van der Waals surface area (Å²) in [5, 5.41) is 0. The van der Waals surface area contributed by atoms with Gasteiger partial charge in [0, 0.05) is 10.8 Å². The van der Waals surface area contributed by atoms with E-state index < -0.39 is 0 Å². The van der Waals surface area contributed by atoms with E-state index in [2.05, 4.69) is 13.8 Å². The summed E-state index contributed by atoms with van der Waals surface area (Å²) in [7, 11) is 0. The van der Waals surface area contributed by atoms with Gasteiger partial charge in [0.2, 0.25) is 0 Å². The van der Waals surface area contributed by atoms with Crippen LogP contribution in [-0.4, -0.2) is 5.78 Å². The van der Waals surface area contributed by atoms with Crippen LogP contribution in [-0.2, 0) is 4.79 Å². The summed E-state index contributed by atoms with van der Waals surface area (Å²) in [6.45, 7) is 4.67. The van der Waals surface area contributed by atoms with E-state index in [1.165, 1.54) is 154 Å². The highest BCUT2D eigenvalue weighted by atomic mass is 16.1. The van der Waals surface area contributed by atoms with Gasteiger partial charge in [-0.1, -0.05) is 117 Å². The number of unbranched alkanes of at least 4 members (excludes halogenated alkanes) is 2. The van der Waals surface area contributed by atoms with Crippen LogP contribution in [0.25, 0.3) is 0 Å². The van der Waals surface area contributed by atoms with Crippen LogP contribution >= 0.6 is 0 Å². The predicted molar refractivity (Wildman–Crippen MR) is 146 cm³/mol. The Morgan fingerprint density at radius 1 is 0.559 bits per heavy atom. The van der Waals surface area contributed by atoms with E-state index in [0.717, 1.165) is 17.6 Å². The monoisotopic (exact) mass is 470 g/mol. The van der Waals surface area contributed by atoms with Crippen LogP contribution in [0.4, 0.5) is 0 Å². The largest absolute Gasteiger partial charge is 0.298 e. The first-order chi connectivity index (χ1) is 16.6. The minimum atomic E-state index is 0.0599. The van der Waals surface area contributed by atoms with Gasteiger partial charge in [0.1, 0.15) is 5.78 Å². The maximum absolute atomic E-state index is 15.1. The molecule has 4 rings (SSSR count). The molecule has 4 aliphatic carbocycles. The Morgan fingerprint density at radius 2 is 0.912 bits per heavy atom. The summed E-state index contributed by atoms with van der Waals surface area (Å²) in [6, 6.07) is 0. The van der Waals surface area contributed by atoms with Crippen molar-refractivity contribution in [2.24, 2.45) is 34.5 Å². The first-order valence-corrected chi connectivity index (χ1v) is 16.2. The van der Waals surface area contributed by atoms with E-state index in [1.807, 2.05) is 0 Å². The Kier molecular flexibility index (Phi) is 10.0. The molecule has 1 nitrogen and oxygen atoms in total. The Balaban J connectivity index is 1.51. The van der Waals surface area contributed by atoms with Crippen LogP contribution in [0.5, 0.6) is 0 Å². The summed E-state index contributed by atoms with van der Waals surface area (Å²) in [5.41, 5.74) is 0.120. The molecule has 0 spiro atoms.